The second-order valence-corrected chi connectivity index (χ2v) is 4.15. The van der Waals surface area contributed by atoms with Crippen molar-refractivity contribution in [1.82, 2.24) is 0 Å². The van der Waals surface area contributed by atoms with Gasteiger partial charge in [-0.25, -0.2) is 0 Å². The predicted molar refractivity (Wildman–Crippen MR) is 66.8 cm³/mol. The number of hydrogen-bond acceptors (Lipinski definition) is 2. The normalized spacial score (nSPS) is 15.6. The number of benzene rings is 1. The van der Waals surface area contributed by atoms with Crippen molar-refractivity contribution in [1.29, 1.82) is 0 Å². The number of hydrogen-bond donors (Lipinski definition) is 0. The maximum atomic E-state index is 11.6. The lowest BCUT2D eigenvalue weighted by atomic mass is 10.1. The molecule has 2 rings (SSSR count). The first-order valence-electron chi connectivity index (χ1n) is 5.81. The average Bonchev–Trinajstić information content (AvgIpc) is 2.74. The summed E-state index contributed by atoms with van der Waals surface area (Å²) in [5, 5.41) is 0. The molecule has 84 valence electrons. The van der Waals surface area contributed by atoms with Crippen LogP contribution >= 0.6 is 0 Å². The molecule has 1 heterocycles. The highest BCUT2D eigenvalue weighted by atomic mass is 16.1. The van der Waals surface area contributed by atoms with Crippen LogP contribution < -0.4 is 4.90 Å². The fourth-order valence-electron chi connectivity index (χ4n) is 2.10. The van der Waals surface area contributed by atoms with Crippen LogP contribution in [0, 0.1) is 0 Å². The van der Waals surface area contributed by atoms with Gasteiger partial charge in [0.1, 0.15) is 0 Å². The average molecular weight is 215 g/mol. The molecule has 1 saturated heterocycles. The minimum atomic E-state index is 0.201. The Balaban J connectivity index is 2.28. The van der Waals surface area contributed by atoms with Gasteiger partial charge >= 0.3 is 0 Å². The van der Waals surface area contributed by atoms with Crippen molar-refractivity contribution in [2.75, 3.05) is 11.4 Å². The first kappa shape index (κ1) is 10.9. The maximum absolute atomic E-state index is 11.6. The summed E-state index contributed by atoms with van der Waals surface area (Å²) >= 11 is 0. The molecular weight excluding hydrogens is 198 g/mol. The number of ketones is 1. The Bertz CT molecular complexity index is 422. The van der Waals surface area contributed by atoms with Gasteiger partial charge in [-0.3, -0.25) is 4.79 Å². The number of carbonyl (C=O) groups is 1. The maximum Gasteiger partial charge on any atom is 0.162 e. The zero-order chi connectivity index (χ0) is 11.5. The van der Waals surface area contributed by atoms with Gasteiger partial charge in [-0.2, -0.15) is 0 Å². The summed E-state index contributed by atoms with van der Waals surface area (Å²) in [6.07, 6.45) is 2.78. The van der Waals surface area contributed by atoms with Gasteiger partial charge in [0, 0.05) is 29.9 Å². The van der Waals surface area contributed by atoms with Crippen LogP contribution in [0.25, 0.3) is 0 Å². The van der Waals surface area contributed by atoms with E-state index in [4.69, 9.17) is 0 Å². The molecule has 0 aliphatic carbocycles. The largest absolute Gasteiger partial charge is 0.346 e. The monoisotopic (exact) mass is 215 g/mol. The molecule has 1 aliphatic heterocycles. The second kappa shape index (κ2) is 4.52. The molecule has 0 N–H and O–H groups in total. The van der Waals surface area contributed by atoms with E-state index in [0.717, 1.165) is 36.3 Å². The van der Waals surface area contributed by atoms with Gasteiger partial charge in [-0.05, 0) is 25.0 Å². The van der Waals surface area contributed by atoms with Crippen LogP contribution in [0.1, 0.15) is 36.5 Å². The van der Waals surface area contributed by atoms with E-state index in [0.29, 0.717) is 6.42 Å². The molecular formula is C14H17NO. The van der Waals surface area contributed by atoms with Crippen LogP contribution in [0.15, 0.2) is 36.5 Å². The van der Waals surface area contributed by atoms with Crippen LogP contribution in [0.4, 0.5) is 5.69 Å². The fraction of sp³-hybridized carbons (Fsp3) is 0.357. The molecule has 1 fully saturated rings. The summed E-state index contributed by atoms with van der Waals surface area (Å²) in [5.41, 5.74) is 3.06. The van der Waals surface area contributed by atoms with Gasteiger partial charge < -0.3 is 4.90 Å². The van der Waals surface area contributed by atoms with Gasteiger partial charge in [0.2, 0.25) is 0 Å². The van der Waals surface area contributed by atoms with Crippen LogP contribution in [0.2, 0.25) is 0 Å². The smallest absolute Gasteiger partial charge is 0.162 e. The van der Waals surface area contributed by atoms with E-state index in [2.05, 4.69) is 11.5 Å². The highest BCUT2D eigenvalue weighted by Gasteiger charge is 2.17. The molecule has 0 bridgehead atoms. The number of anilines is 1. The van der Waals surface area contributed by atoms with Crippen molar-refractivity contribution >= 4 is 11.5 Å². The van der Waals surface area contributed by atoms with Gasteiger partial charge in [0.25, 0.3) is 0 Å². The van der Waals surface area contributed by atoms with E-state index in [1.807, 2.05) is 31.2 Å². The Morgan fingerprint density at radius 3 is 2.94 bits per heavy atom. The minimum Gasteiger partial charge on any atom is -0.346 e. The number of rotatable bonds is 3. The fourth-order valence-corrected chi connectivity index (χ4v) is 2.10. The Kier molecular flexibility index (Phi) is 3.09. The molecule has 0 amide bonds. The molecule has 2 nitrogen and oxygen atoms in total. The topological polar surface area (TPSA) is 20.3 Å². The molecule has 0 saturated carbocycles. The lowest BCUT2D eigenvalue weighted by Gasteiger charge is -2.19. The summed E-state index contributed by atoms with van der Waals surface area (Å²) in [6.45, 7) is 6.96. The van der Waals surface area contributed by atoms with Crippen molar-refractivity contribution in [3.05, 3.63) is 42.1 Å². The predicted octanol–water partition coefficient (Wildman–Crippen LogP) is 3.39. The van der Waals surface area contributed by atoms with Gasteiger partial charge in [0.15, 0.2) is 5.78 Å². The van der Waals surface area contributed by atoms with Gasteiger partial charge in [-0.1, -0.05) is 25.6 Å². The molecule has 2 heteroatoms. The van der Waals surface area contributed by atoms with Gasteiger partial charge in [0.05, 0.1) is 0 Å². The summed E-state index contributed by atoms with van der Waals surface area (Å²) < 4.78 is 0. The third-order valence-electron chi connectivity index (χ3n) is 3.03. The molecule has 0 radical (unpaired) electrons. The highest BCUT2D eigenvalue weighted by molar-refractivity contribution is 5.96. The molecule has 0 aromatic heterocycles. The third kappa shape index (κ3) is 2.01. The number of nitrogens with zero attached hydrogens (tertiary/aromatic N) is 1. The molecule has 0 unspecified atom stereocenters. The Morgan fingerprint density at radius 2 is 2.31 bits per heavy atom. The van der Waals surface area contributed by atoms with Crippen LogP contribution in [0.3, 0.4) is 0 Å². The van der Waals surface area contributed by atoms with Crippen LogP contribution in [-0.2, 0) is 0 Å². The van der Waals surface area contributed by atoms with Crippen molar-refractivity contribution in [2.45, 2.75) is 26.2 Å². The summed E-state index contributed by atoms with van der Waals surface area (Å²) in [4.78, 5) is 13.8. The molecule has 1 aromatic carbocycles. The lowest BCUT2D eigenvalue weighted by molar-refractivity contribution is 0.0988. The zero-order valence-electron chi connectivity index (χ0n) is 9.70. The summed E-state index contributed by atoms with van der Waals surface area (Å²) in [6, 6.07) is 7.85. The molecule has 0 spiro atoms. The van der Waals surface area contributed by atoms with Crippen LogP contribution in [-0.4, -0.2) is 12.3 Å². The standard InChI is InChI=1S/C14H17NO/c1-3-14(16)12-7-4-8-13(10-12)15-9-5-6-11(15)2/h4,7-8,10H,2-3,5-6,9H2,1H3. The van der Waals surface area contributed by atoms with E-state index in [1.54, 1.807) is 0 Å². The first-order valence-corrected chi connectivity index (χ1v) is 5.81. The molecule has 1 aliphatic rings. The van der Waals surface area contributed by atoms with Crippen molar-refractivity contribution in [3.8, 4) is 0 Å². The number of carbonyl (C=O) groups excluding carboxylic acids is 1. The van der Waals surface area contributed by atoms with Gasteiger partial charge in [-0.15, -0.1) is 0 Å². The Hall–Kier alpha value is -1.57. The minimum absolute atomic E-state index is 0.201. The first-order chi connectivity index (χ1) is 7.72. The molecule has 16 heavy (non-hydrogen) atoms. The molecule has 1 aromatic rings. The SMILES string of the molecule is C=C1CCCN1c1cccc(C(=O)CC)c1. The van der Waals surface area contributed by atoms with Crippen molar-refractivity contribution in [3.63, 3.8) is 0 Å². The Morgan fingerprint density at radius 1 is 1.50 bits per heavy atom. The number of allylic oxidation sites excluding steroid dienone is 1. The van der Waals surface area contributed by atoms with Crippen molar-refractivity contribution < 1.29 is 4.79 Å². The lowest BCUT2D eigenvalue weighted by Crippen LogP contribution is -2.15. The van der Waals surface area contributed by atoms with Crippen LogP contribution in [0.5, 0.6) is 0 Å². The quantitative estimate of drug-likeness (QED) is 0.720. The second-order valence-electron chi connectivity index (χ2n) is 4.15. The third-order valence-corrected chi connectivity index (χ3v) is 3.03. The van der Waals surface area contributed by atoms with E-state index in [1.165, 1.54) is 0 Å². The van der Waals surface area contributed by atoms with E-state index < -0.39 is 0 Å². The summed E-state index contributed by atoms with van der Waals surface area (Å²) in [7, 11) is 0. The van der Waals surface area contributed by atoms with E-state index >= 15 is 0 Å². The number of Topliss-reactive ketones (excluding diaryl/α,β-unsaturated/α-hetero) is 1. The van der Waals surface area contributed by atoms with E-state index in [-0.39, 0.29) is 5.78 Å². The summed E-state index contributed by atoms with van der Waals surface area (Å²) in [5.74, 6) is 0.201. The highest BCUT2D eigenvalue weighted by Crippen LogP contribution is 2.27. The zero-order valence-corrected chi connectivity index (χ0v) is 9.70. The Labute approximate surface area is 96.6 Å². The van der Waals surface area contributed by atoms with E-state index in [9.17, 15) is 4.79 Å². The molecule has 0 atom stereocenters. The van der Waals surface area contributed by atoms with Crippen molar-refractivity contribution in [2.24, 2.45) is 0 Å².